The second-order valence-corrected chi connectivity index (χ2v) is 7.75. The van der Waals surface area contributed by atoms with E-state index in [0.29, 0.717) is 18.2 Å². The number of pyridine rings is 1. The average Bonchev–Trinajstić information content (AvgIpc) is 3.55. The minimum Gasteiger partial charge on any atom is -0.492 e. The highest BCUT2D eigenvalue weighted by atomic mass is 16.5. The molecule has 4 aromatic rings. The SMILES string of the molecule is O=C(O)n1ccc(-c2cccc3nc(Nc4ccc(OCCN5CCCC5)cc4)nn23)c1. The molecule has 1 saturated heterocycles. The monoisotopic (exact) mass is 432 g/mol. The van der Waals surface area contributed by atoms with Crippen LogP contribution in [0.25, 0.3) is 16.9 Å². The van der Waals surface area contributed by atoms with E-state index in [1.165, 1.54) is 32.1 Å². The number of fused-ring (bicyclic) bond motifs is 1. The van der Waals surface area contributed by atoms with E-state index < -0.39 is 6.09 Å². The van der Waals surface area contributed by atoms with Crippen LogP contribution in [0.2, 0.25) is 0 Å². The molecule has 9 nitrogen and oxygen atoms in total. The number of rotatable bonds is 7. The summed E-state index contributed by atoms with van der Waals surface area (Å²) in [6.45, 7) is 3.99. The number of anilines is 2. The molecule has 1 fully saturated rings. The molecule has 1 aliphatic rings. The van der Waals surface area contributed by atoms with Crippen LogP contribution in [0.3, 0.4) is 0 Å². The maximum Gasteiger partial charge on any atom is 0.415 e. The molecule has 0 aliphatic carbocycles. The number of nitrogens with zero attached hydrogens (tertiary/aromatic N) is 5. The van der Waals surface area contributed by atoms with Gasteiger partial charge in [0.2, 0.25) is 5.95 Å². The molecule has 32 heavy (non-hydrogen) atoms. The van der Waals surface area contributed by atoms with Crippen LogP contribution in [0.1, 0.15) is 12.8 Å². The summed E-state index contributed by atoms with van der Waals surface area (Å²) in [5.74, 6) is 1.29. The first kappa shape index (κ1) is 20.1. The Hall–Kier alpha value is -3.85. The summed E-state index contributed by atoms with van der Waals surface area (Å²) >= 11 is 0. The van der Waals surface area contributed by atoms with Crippen LogP contribution in [-0.4, -0.2) is 61.5 Å². The number of nitrogens with one attached hydrogen (secondary N) is 1. The largest absolute Gasteiger partial charge is 0.492 e. The molecule has 164 valence electrons. The Labute approximate surface area is 184 Å². The van der Waals surface area contributed by atoms with Gasteiger partial charge in [0.1, 0.15) is 12.4 Å². The highest BCUT2D eigenvalue weighted by Gasteiger charge is 2.12. The van der Waals surface area contributed by atoms with Gasteiger partial charge in [-0.15, -0.1) is 5.10 Å². The van der Waals surface area contributed by atoms with Crippen molar-refractivity contribution in [3.63, 3.8) is 0 Å². The van der Waals surface area contributed by atoms with E-state index in [1.54, 1.807) is 16.8 Å². The molecule has 5 rings (SSSR count). The smallest absolute Gasteiger partial charge is 0.415 e. The molecule has 0 amide bonds. The standard InChI is InChI=1S/C23H24N6O3/c30-23(31)28-13-10-17(16-28)20-4-3-5-21-25-22(26-29(20)21)24-18-6-8-19(9-7-18)32-15-14-27-11-1-2-12-27/h3-10,13,16H,1-2,11-12,14-15H2,(H,24,26)(H,30,31). The van der Waals surface area contributed by atoms with E-state index >= 15 is 0 Å². The minimum absolute atomic E-state index is 0.456. The van der Waals surface area contributed by atoms with Crippen LogP contribution in [0.5, 0.6) is 5.75 Å². The third kappa shape index (κ3) is 4.28. The Kier molecular flexibility index (Phi) is 5.47. The normalized spacial score (nSPS) is 14.1. The maximum atomic E-state index is 11.2. The molecule has 0 unspecified atom stereocenters. The van der Waals surface area contributed by atoms with Gasteiger partial charge in [0.15, 0.2) is 5.65 Å². The molecular formula is C23H24N6O3. The quantitative estimate of drug-likeness (QED) is 0.456. The second kappa shape index (κ2) is 8.72. The number of aromatic nitrogens is 4. The summed E-state index contributed by atoms with van der Waals surface area (Å²) in [6.07, 6.45) is 4.59. The number of benzene rings is 1. The van der Waals surface area contributed by atoms with E-state index in [9.17, 15) is 4.79 Å². The molecule has 0 spiro atoms. The second-order valence-electron chi connectivity index (χ2n) is 7.75. The van der Waals surface area contributed by atoms with Crippen LogP contribution in [-0.2, 0) is 0 Å². The van der Waals surface area contributed by atoms with Gasteiger partial charge >= 0.3 is 6.09 Å². The van der Waals surface area contributed by atoms with E-state index in [-0.39, 0.29) is 0 Å². The number of carboxylic acid groups (broad SMARTS) is 1. The van der Waals surface area contributed by atoms with Crippen molar-refractivity contribution in [3.05, 3.63) is 60.9 Å². The van der Waals surface area contributed by atoms with Gasteiger partial charge in [-0.3, -0.25) is 9.47 Å². The molecule has 0 atom stereocenters. The van der Waals surface area contributed by atoms with Crippen molar-refractivity contribution >= 4 is 23.4 Å². The van der Waals surface area contributed by atoms with E-state index in [4.69, 9.17) is 9.84 Å². The molecule has 1 aliphatic heterocycles. The fraction of sp³-hybridized carbons (Fsp3) is 0.261. The molecule has 1 aromatic carbocycles. The summed E-state index contributed by atoms with van der Waals surface area (Å²) in [5, 5.41) is 16.9. The third-order valence-corrected chi connectivity index (χ3v) is 5.55. The zero-order valence-corrected chi connectivity index (χ0v) is 17.5. The molecule has 9 heteroatoms. The number of likely N-dealkylation sites (tertiary alicyclic amines) is 1. The van der Waals surface area contributed by atoms with Crippen LogP contribution < -0.4 is 10.1 Å². The number of ether oxygens (including phenoxy) is 1. The van der Waals surface area contributed by atoms with Crippen LogP contribution in [0.4, 0.5) is 16.4 Å². The predicted octanol–water partition coefficient (Wildman–Crippen LogP) is 3.94. The molecule has 0 radical (unpaired) electrons. The van der Waals surface area contributed by atoms with Gasteiger partial charge in [0.25, 0.3) is 0 Å². The van der Waals surface area contributed by atoms with Crippen molar-refractivity contribution in [2.75, 3.05) is 31.6 Å². The summed E-state index contributed by atoms with van der Waals surface area (Å²) in [7, 11) is 0. The molecule has 3 aromatic heterocycles. The molecule has 0 bridgehead atoms. The molecule has 4 heterocycles. The molecular weight excluding hydrogens is 408 g/mol. The van der Waals surface area contributed by atoms with Crippen molar-refractivity contribution in [2.45, 2.75) is 12.8 Å². The fourth-order valence-corrected chi connectivity index (χ4v) is 3.91. The number of hydrogen-bond acceptors (Lipinski definition) is 6. The van der Waals surface area contributed by atoms with Gasteiger partial charge in [0.05, 0.1) is 5.69 Å². The van der Waals surface area contributed by atoms with Crippen molar-refractivity contribution in [1.82, 2.24) is 24.1 Å². The Bertz CT molecular complexity index is 1220. The van der Waals surface area contributed by atoms with Crippen LogP contribution in [0.15, 0.2) is 60.9 Å². The average molecular weight is 432 g/mol. The van der Waals surface area contributed by atoms with Gasteiger partial charge in [0, 0.05) is 30.2 Å². The van der Waals surface area contributed by atoms with Crippen molar-refractivity contribution in [1.29, 1.82) is 0 Å². The maximum absolute atomic E-state index is 11.2. The van der Waals surface area contributed by atoms with Gasteiger partial charge in [-0.05, 0) is 68.4 Å². The Morgan fingerprint density at radius 3 is 2.66 bits per heavy atom. The van der Waals surface area contributed by atoms with E-state index in [0.717, 1.165) is 33.8 Å². The Morgan fingerprint density at radius 1 is 1.09 bits per heavy atom. The lowest BCUT2D eigenvalue weighted by Crippen LogP contribution is -2.25. The molecule has 0 saturated carbocycles. The highest BCUT2D eigenvalue weighted by Crippen LogP contribution is 2.23. The number of hydrogen-bond donors (Lipinski definition) is 2. The Morgan fingerprint density at radius 2 is 1.91 bits per heavy atom. The summed E-state index contributed by atoms with van der Waals surface area (Å²) < 4.78 is 8.66. The van der Waals surface area contributed by atoms with Gasteiger partial charge in [-0.25, -0.2) is 9.31 Å². The minimum atomic E-state index is -1.03. The fourth-order valence-electron chi connectivity index (χ4n) is 3.91. The first-order valence-electron chi connectivity index (χ1n) is 10.7. The van der Waals surface area contributed by atoms with Gasteiger partial charge < -0.3 is 15.2 Å². The first-order valence-corrected chi connectivity index (χ1v) is 10.7. The zero-order chi connectivity index (χ0) is 21.9. The van der Waals surface area contributed by atoms with Gasteiger partial charge in [-0.2, -0.15) is 4.98 Å². The van der Waals surface area contributed by atoms with Gasteiger partial charge in [-0.1, -0.05) is 6.07 Å². The van der Waals surface area contributed by atoms with Crippen molar-refractivity contribution in [2.24, 2.45) is 0 Å². The lowest BCUT2D eigenvalue weighted by atomic mass is 10.2. The van der Waals surface area contributed by atoms with Crippen LogP contribution >= 0.6 is 0 Å². The molecule has 2 N–H and O–H groups in total. The summed E-state index contributed by atoms with van der Waals surface area (Å²) in [4.78, 5) is 18.1. The van der Waals surface area contributed by atoms with Crippen molar-refractivity contribution < 1.29 is 14.6 Å². The van der Waals surface area contributed by atoms with E-state index in [2.05, 4.69) is 20.3 Å². The Balaban J connectivity index is 1.27. The number of carbonyl (C=O) groups is 1. The lowest BCUT2D eigenvalue weighted by Gasteiger charge is -2.15. The van der Waals surface area contributed by atoms with Crippen molar-refractivity contribution in [3.8, 4) is 17.0 Å². The first-order chi connectivity index (χ1) is 15.7. The van der Waals surface area contributed by atoms with E-state index in [1.807, 2.05) is 42.5 Å². The highest BCUT2D eigenvalue weighted by molar-refractivity contribution is 5.72. The third-order valence-electron chi connectivity index (χ3n) is 5.55. The lowest BCUT2D eigenvalue weighted by molar-refractivity contribution is 0.196. The summed E-state index contributed by atoms with van der Waals surface area (Å²) in [6, 6.07) is 15.1. The van der Waals surface area contributed by atoms with Crippen LogP contribution in [0, 0.1) is 0 Å². The topological polar surface area (TPSA) is 96.9 Å². The zero-order valence-electron chi connectivity index (χ0n) is 17.5. The summed E-state index contributed by atoms with van der Waals surface area (Å²) in [5.41, 5.74) is 3.01. The predicted molar refractivity (Wildman–Crippen MR) is 121 cm³/mol.